The number of hydrogen-bond acceptors (Lipinski definition) is 5. The normalized spacial score (nSPS) is 10.4. The second-order valence-electron chi connectivity index (χ2n) is 4.06. The first-order chi connectivity index (χ1) is 8.76. The molecular formula is C13H18N4S. The molecule has 0 bridgehead atoms. The van der Waals surface area contributed by atoms with Crippen LogP contribution in [0, 0.1) is 0 Å². The maximum atomic E-state index is 4.42. The molecule has 0 radical (unpaired) electrons. The van der Waals surface area contributed by atoms with Crippen LogP contribution in [0.1, 0.15) is 17.4 Å². The molecular weight excluding hydrogens is 244 g/mol. The van der Waals surface area contributed by atoms with Gasteiger partial charge in [-0.25, -0.2) is 9.97 Å². The van der Waals surface area contributed by atoms with Gasteiger partial charge >= 0.3 is 0 Å². The molecule has 5 heteroatoms. The summed E-state index contributed by atoms with van der Waals surface area (Å²) in [6.45, 7) is 3.01. The van der Waals surface area contributed by atoms with E-state index in [0.29, 0.717) is 0 Å². The van der Waals surface area contributed by atoms with Crippen molar-refractivity contribution in [3.63, 3.8) is 0 Å². The van der Waals surface area contributed by atoms with Crippen LogP contribution in [-0.2, 0) is 13.0 Å². The first kappa shape index (κ1) is 12.8. The van der Waals surface area contributed by atoms with Crippen LogP contribution >= 0.6 is 11.3 Å². The van der Waals surface area contributed by atoms with Gasteiger partial charge in [-0.3, -0.25) is 0 Å². The van der Waals surface area contributed by atoms with Gasteiger partial charge in [-0.1, -0.05) is 13.0 Å². The molecule has 2 rings (SSSR count). The molecule has 0 unspecified atom stereocenters. The Balaban J connectivity index is 2.26. The van der Waals surface area contributed by atoms with Crippen LogP contribution in [0.15, 0.2) is 23.8 Å². The smallest absolute Gasteiger partial charge is 0.137 e. The summed E-state index contributed by atoms with van der Waals surface area (Å²) in [5.74, 6) is 1.92. The maximum Gasteiger partial charge on any atom is 0.137 e. The van der Waals surface area contributed by atoms with Crippen molar-refractivity contribution >= 4 is 23.0 Å². The SMILES string of the molecule is CCc1c(NC)ncnc1N(C)Cc1cccs1. The molecule has 0 aromatic carbocycles. The van der Waals surface area contributed by atoms with E-state index in [1.165, 1.54) is 10.4 Å². The average molecular weight is 262 g/mol. The highest BCUT2D eigenvalue weighted by atomic mass is 32.1. The van der Waals surface area contributed by atoms with Gasteiger partial charge in [0.2, 0.25) is 0 Å². The Hall–Kier alpha value is -1.62. The molecule has 0 spiro atoms. The summed E-state index contributed by atoms with van der Waals surface area (Å²) in [5.41, 5.74) is 1.17. The number of aromatic nitrogens is 2. The molecule has 0 aliphatic heterocycles. The lowest BCUT2D eigenvalue weighted by Crippen LogP contribution is -2.19. The molecule has 0 saturated heterocycles. The topological polar surface area (TPSA) is 41.1 Å². The largest absolute Gasteiger partial charge is 0.373 e. The Labute approximate surface area is 112 Å². The van der Waals surface area contributed by atoms with Gasteiger partial charge in [0, 0.05) is 24.5 Å². The number of hydrogen-bond donors (Lipinski definition) is 1. The van der Waals surface area contributed by atoms with Gasteiger partial charge in [0.25, 0.3) is 0 Å². The standard InChI is InChI=1S/C13H18N4S/c1-4-11-12(14-2)15-9-16-13(11)17(3)8-10-6-5-7-18-10/h5-7,9H,4,8H2,1-3H3,(H,14,15,16). The van der Waals surface area contributed by atoms with Crippen molar-refractivity contribution in [3.05, 3.63) is 34.3 Å². The van der Waals surface area contributed by atoms with Gasteiger partial charge in [-0.15, -0.1) is 11.3 Å². The summed E-state index contributed by atoms with van der Waals surface area (Å²) in [6, 6.07) is 4.22. The predicted molar refractivity (Wildman–Crippen MR) is 77.4 cm³/mol. The van der Waals surface area contributed by atoms with E-state index in [0.717, 1.165) is 24.6 Å². The molecule has 0 amide bonds. The molecule has 2 heterocycles. The monoisotopic (exact) mass is 262 g/mol. The second kappa shape index (κ2) is 5.82. The van der Waals surface area contributed by atoms with E-state index in [2.05, 4.69) is 51.7 Å². The molecule has 0 aliphatic rings. The van der Waals surface area contributed by atoms with Gasteiger partial charge in [0.15, 0.2) is 0 Å². The third-order valence-corrected chi connectivity index (χ3v) is 3.71. The molecule has 0 saturated carbocycles. The van der Waals surface area contributed by atoms with E-state index in [4.69, 9.17) is 0 Å². The number of thiophene rings is 1. The van der Waals surface area contributed by atoms with Crippen LogP contribution in [0.2, 0.25) is 0 Å². The van der Waals surface area contributed by atoms with E-state index < -0.39 is 0 Å². The summed E-state index contributed by atoms with van der Waals surface area (Å²) >= 11 is 1.77. The highest BCUT2D eigenvalue weighted by molar-refractivity contribution is 7.09. The van der Waals surface area contributed by atoms with Crippen molar-refractivity contribution in [1.82, 2.24) is 9.97 Å². The number of anilines is 2. The quantitative estimate of drug-likeness (QED) is 0.899. The minimum atomic E-state index is 0.880. The van der Waals surface area contributed by atoms with Crippen molar-refractivity contribution in [1.29, 1.82) is 0 Å². The Morgan fingerprint density at radius 3 is 2.83 bits per heavy atom. The molecule has 0 atom stereocenters. The minimum Gasteiger partial charge on any atom is -0.373 e. The minimum absolute atomic E-state index is 0.880. The first-order valence-corrected chi connectivity index (χ1v) is 6.89. The van der Waals surface area contributed by atoms with Crippen LogP contribution in [0.25, 0.3) is 0 Å². The predicted octanol–water partition coefficient (Wildman–Crippen LogP) is 2.78. The van der Waals surface area contributed by atoms with Crippen LogP contribution < -0.4 is 10.2 Å². The summed E-state index contributed by atoms with van der Waals surface area (Å²) in [5, 5.41) is 5.23. The Morgan fingerprint density at radius 1 is 1.39 bits per heavy atom. The lowest BCUT2D eigenvalue weighted by Gasteiger charge is -2.21. The zero-order valence-corrected chi connectivity index (χ0v) is 11.8. The van der Waals surface area contributed by atoms with E-state index in [1.54, 1.807) is 17.7 Å². The maximum absolute atomic E-state index is 4.42. The molecule has 1 N–H and O–H groups in total. The van der Waals surface area contributed by atoms with Gasteiger partial charge in [0.05, 0.1) is 6.54 Å². The van der Waals surface area contributed by atoms with E-state index in [-0.39, 0.29) is 0 Å². The van der Waals surface area contributed by atoms with Crippen LogP contribution in [-0.4, -0.2) is 24.1 Å². The fourth-order valence-corrected chi connectivity index (χ4v) is 2.74. The summed E-state index contributed by atoms with van der Waals surface area (Å²) in [4.78, 5) is 12.2. The molecule has 18 heavy (non-hydrogen) atoms. The molecule has 2 aromatic rings. The highest BCUT2D eigenvalue weighted by Gasteiger charge is 2.13. The van der Waals surface area contributed by atoms with Gasteiger partial charge in [-0.05, 0) is 17.9 Å². The van der Waals surface area contributed by atoms with Crippen molar-refractivity contribution in [2.75, 3.05) is 24.3 Å². The zero-order valence-electron chi connectivity index (χ0n) is 11.0. The van der Waals surface area contributed by atoms with Crippen molar-refractivity contribution in [2.45, 2.75) is 19.9 Å². The average Bonchev–Trinajstić information content (AvgIpc) is 2.90. The summed E-state index contributed by atoms with van der Waals surface area (Å²) in [6.07, 6.45) is 2.53. The molecule has 0 fully saturated rings. The zero-order chi connectivity index (χ0) is 13.0. The van der Waals surface area contributed by atoms with Crippen LogP contribution in [0.4, 0.5) is 11.6 Å². The van der Waals surface area contributed by atoms with E-state index in [9.17, 15) is 0 Å². The Bertz CT molecular complexity index is 496. The summed E-state index contributed by atoms with van der Waals surface area (Å²) in [7, 11) is 3.96. The van der Waals surface area contributed by atoms with Gasteiger partial charge in [0.1, 0.15) is 18.0 Å². The summed E-state index contributed by atoms with van der Waals surface area (Å²) < 4.78 is 0. The fourth-order valence-electron chi connectivity index (χ4n) is 1.98. The first-order valence-electron chi connectivity index (χ1n) is 6.01. The van der Waals surface area contributed by atoms with Crippen molar-refractivity contribution < 1.29 is 0 Å². The van der Waals surface area contributed by atoms with Gasteiger partial charge in [-0.2, -0.15) is 0 Å². The van der Waals surface area contributed by atoms with Gasteiger partial charge < -0.3 is 10.2 Å². The molecule has 0 aliphatic carbocycles. The molecule has 96 valence electrons. The second-order valence-corrected chi connectivity index (χ2v) is 5.10. The van der Waals surface area contributed by atoms with Crippen LogP contribution in [0.5, 0.6) is 0 Å². The Kier molecular flexibility index (Phi) is 4.15. The lowest BCUT2D eigenvalue weighted by molar-refractivity contribution is 0.882. The number of nitrogens with one attached hydrogen (secondary N) is 1. The van der Waals surface area contributed by atoms with Crippen molar-refractivity contribution in [2.24, 2.45) is 0 Å². The Morgan fingerprint density at radius 2 is 2.22 bits per heavy atom. The molecule has 2 aromatic heterocycles. The molecule has 4 nitrogen and oxygen atoms in total. The number of nitrogens with zero attached hydrogens (tertiary/aromatic N) is 3. The van der Waals surface area contributed by atoms with E-state index >= 15 is 0 Å². The number of rotatable bonds is 5. The fraction of sp³-hybridized carbons (Fsp3) is 0.385. The van der Waals surface area contributed by atoms with Crippen molar-refractivity contribution in [3.8, 4) is 0 Å². The third-order valence-electron chi connectivity index (χ3n) is 2.85. The van der Waals surface area contributed by atoms with E-state index in [1.807, 2.05) is 7.05 Å². The highest BCUT2D eigenvalue weighted by Crippen LogP contribution is 2.24. The lowest BCUT2D eigenvalue weighted by atomic mass is 10.2. The van der Waals surface area contributed by atoms with Crippen LogP contribution in [0.3, 0.4) is 0 Å². The third kappa shape index (κ3) is 2.61.